The van der Waals surface area contributed by atoms with Gasteiger partial charge in [0.25, 0.3) is 0 Å². The van der Waals surface area contributed by atoms with Crippen LogP contribution in [0.2, 0.25) is 0 Å². The molecule has 0 radical (unpaired) electrons. The molecule has 0 spiro atoms. The zero-order valence-electron chi connectivity index (χ0n) is 8.34. The molecule has 0 N–H and O–H groups in total. The Labute approximate surface area is 74.9 Å². The number of nitrogens with zero attached hydrogens (tertiary/aromatic N) is 1. The quantitative estimate of drug-likeness (QED) is 0.619. The Morgan fingerprint density at radius 3 is 2.75 bits per heavy atom. The van der Waals surface area contributed by atoms with Gasteiger partial charge in [0, 0.05) is 19.5 Å². The third kappa shape index (κ3) is 2.23. The van der Waals surface area contributed by atoms with Gasteiger partial charge in [0.1, 0.15) is 0 Å². The van der Waals surface area contributed by atoms with E-state index in [2.05, 4.69) is 13.8 Å². The highest BCUT2D eigenvalue weighted by Gasteiger charge is 2.26. The Morgan fingerprint density at radius 1 is 1.58 bits per heavy atom. The van der Waals surface area contributed by atoms with E-state index in [0.29, 0.717) is 12.0 Å². The molecule has 2 heteroatoms. The van der Waals surface area contributed by atoms with Crippen molar-refractivity contribution in [2.75, 3.05) is 6.54 Å². The minimum absolute atomic E-state index is 0.248. The monoisotopic (exact) mass is 169 g/mol. The topological polar surface area (TPSA) is 20.3 Å². The van der Waals surface area contributed by atoms with Crippen LogP contribution < -0.4 is 0 Å². The lowest BCUT2D eigenvalue weighted by Gasteiger charge is -2.24. The van der Waals surface area contributed by atoms with Crippen molar-refractivity contribution in [1.82, 2.24) is 4.90 Å². The van der Waals surface area contributed by atoms with Gasteiger partial charge in [-0.25, -0.2) is 0 Å². The smallest absolute Gasteiger partial charge is 0.219 e. The molecular weight excluding hydrogens is 150 g/mol. The molecule has 1 amide bonds. The van der Waals surface area contributed by atoms with Crippen LogP contribution in [0.4, 0.5) is 0 Å². The molecule has 1 atom stereocenters. The number of carbonyl (C=O) groups excluding carboxylic acids is 1. The van der Waals surface area contributed by atoms with Crippen LogP contribution in [-0.4, -0.2) is 23.4 Å². The Bertz CT molecular complexity index is 165. The van der Waals surface area contributed by atoms with E-state index >= 15 is 0 Å². The number of rotatable bonds is 2. The van der Waals surface area contributed by atoms with Gasteiger partial charge in [-0.2, -0.15) is 0 Å². The van der Waals surface area contributed by atoms with Crippen molar-refractivity contribution in [3.63, 3.8) is 0 Å². The lowest BCUT2D eigenvalue weighted by molar-refractivity contribution is -0.129. The van der Waals surface area contributed by atoms with Crippen LogP contribution in [0.15, 0.2) is 0 Å². The maximum absolute atomic E-state index is 11.2. The summed E-state index contributed by atoms with van der Waals surface area (Å²) in [4.78, 5) is 13.2. The number of hydrogen-bond acceptors (Lipinski definition) is 1. The fraction of sp³-hybridized carbons (Fsp3) is 0.900. The molecule has 1 fully saturated rings. The first-order chi connectivity index (χ1) is 5.61. The van der Waals surface area contributed by atoms with E-state index in [1.165, 1.54) is 19.3 Å². The molecular formula is C10H19NO. The third-order valence-electron chi connectivity index (χ3n) is 2.53. The molecule has 0 saturated carbocycles. The first-order valence-electron chi connectivity index (χ1n) is 4.88. The van der Waals surface area contributed by atoms with E-state index in [1.54, 1.807) is 6.92 Å². The van der Waals surface area contributed by atoms with Crippen LogP contribution in [0.1, 0.15) is 40.0 Å². The molecule has 0 aromatic carbocycles. The summed E-state index contributed by atoms with van der Waals surface area (Å²) in [5.74, 6) is 0.952. The molecule has 1 aliphatic heterocycles. The Kier molecular flexibility index (Phi) is 3.12. The van der Waals surface area contributed by atoms with Crippen molar-refractivity contribution in [2.45, 2.75) is 46.1 Å². The van der Waals surface area contributed by atoms with E-state index in [0.717, 1.165) is 6.54 Å². The van der Waals surface area contributed by atoms with Crippen molar-refractivity contribution in [2.24, 2.45) is 5.92 Å². The van der Waals surface area contributed by atoms with E-state index in [4.69, 9.17) is 0 Å². The summed E-state index contributed by atoms with van der Waals surface area (Å²) < 4.78 is 0. The van der Waals surface area contributed by atoms with Crippen LogP contribution in [0.5, 0.6) is 0 Å². The molecule has 0 aliphatic carbocycles. The van der Waals surface area contributed by atoms with Crippen molar-refractivity contribution in [3.8, 4) is 0 Å². The van der Waals surface area contributed by atoms with Crippen LogP contribution >= 0.6 is 0 Å². The predicted molar refractivity (Wildman–Crippen MR) is 49.9 cm³/mol. The van der Waals surface area contributed by atoms with E-state index in [-0.39, 0.29) is 5.91 Å². The van der Waals surface area contributed by atoms with Crippen molar-refractivity contribution in [3.05, 3.63) is 0 Å². The Morgan fingerprint density at radius 2 is 2.25 bits per heavy atom. The molecule has 2 nitrogen and oxygen atoms in total. The fourth-order valence-corrected chi connectivity index (χ4v) is 2.04. The van der Waals surface area contributed by atoms with Gasteiger partial charge in [0.2, 0.25) is 5.91 Å². The maximum Gasteiger partial charge on any atom is 0.219 e. The fourth-order valence-electron chi connectivity index (χ4n) is 2.04. The molecule has 0 bridgehead atoms. The van der Waals surface area contributed by atoms with Crippen LogP contribution in [0.25, 0.3) is 0 Å². The summed E-state index contributed by atoms with van der Waals surface area (Å²) in [5.41, 5.74) is 0. The molecule has 0 aromatic heterocycles. The van der Waals surface area contributed by atoms with Gasteiger partial charge < -0.3 is 4.90 Å². The van der Waals surface area contributed by atoms with E-state index in [9.17, 15) is 4.79 Å². The normalized spacial score (nSPS) is 23.7. The molecule has 70 valence electrons. The average molecular weight is 169 g/mol. The number of likely N-dealkylation sites (tertiary alicyclic amines) is 1. The van der Waals surface area contributed by atoms with Crippen molar-refractivity contribution < 1.29 is 4.79 Å². The molecule has 0 aromatic rings. The Hall–Kier alpha value is -0.530. The standard InChI is InChI=1S/C10H19NO/c1-8(2)7-10-5-4-6-11(10)9(3)12/h8,10H,4-7H2,1-3H3/t10-/m0/s1. The highest BCUT2D eigenvalue weighted by molar-refractivity contribution is 5.73. The van der Waals surface area contributed by atoms with Crippen molar-refractivity contribution >= 4 is 5.91 Å². The molecule has 12 heavy (non-hydrogen) atoms. The van der Waals surface area contributed by atoms with Gasteiger partial charge in [0.15, 0.2) is 0 Å². The van der Waals surface area contributed by atoms with Crippen LogP contribution in [-0.2, 0) is 4.79 Å². The number of amides is 1. The summed E-state index contributed by atoms with van der Waals surface area (Å²) in [5, 5.41) is 0. The summed E-state index contributed by atoms with van der Waals surface area (Å²) in [6, 6.07) is 0.530. The molecule has 1 aliphatic rings. The maximum atomic E-state index is 11.2. The highest BCUT2D eigenvalue weighted by Crippen LogP contribution is 2.22. The largest absolute Gasteiger partial charge is 0.340 e. The summed E-state index contributed by atoms with van der Waals surface area (Å²) >= 11 is 0. The van der Waals surface area contributed by atoms with Gasteiger partial charge in [-0.1, -0.05) is 13.8 Å². The SMILES string of the molecule is CC(=O)N1CCC[C@H]1CC(C)C. The zero-order chi connectivity index (χ0) is 9.14. The second-order valence-electron chi connectivity index (χ2n) is 4.14. The van der Waals surface area contributed by atoms with Gasteiger partial charge in [-0.05, 0) is 25.2 Å². The molecule has 0 unspecified atom stereocenters. The number of carbonyl (C=O) groups is 1. The van der Waals surface area contributed by atoms with E-state index < -0.39 is 0 Å². The van der Waals surface area contributed by atoms with Crippen LogP contribution in [0.3, 0.4) is 0 Å². The van der Waals surface area contributed by atoms with Gasteiger partial charge >= 0.3 is 0 Å². The predicted octanol–water partition coefficient (Wildman–Crippen LogP) is 2.04. The second kappa shape index (κ2) is 3.92. The molecule has 1 saturated heterocycles. The molecule has 1 rings (SSSR count). The minimum Gasteiger partial charge on any atom is -0.340 e. The zero-order valence-corrected chi connectivity index (χ0v) is 8.34. The number of hydrogen-bond donors (Lipinski definition) is 0. The lowest BCUT2D eigenvalue weighted by atomic mass is 10.0. The van der Waals surface area contributed by atoms with Crippen molar-refractivity contribution in [1.29, 1.82) is 0 Å². The summed E-state index contributed by atoms with van der Waals surface area (Å²) in [6.45, 7) is 7.10. The highest BCUT2D eigenvalue weighted by atomic mass is 16.2. The lowest BCUT2D eigenvalue weighted by Crippen LogP contribution is -2.34. The summed E-state index contributed by atoms with van der Waals surface area (Å²) in [6.07, 6.45) is 3.56. The minimum atomic E-state index is 0.248. The summed E-state index contributed by atoms with van der Waals surface area (Å²) in [7, 11) is 0. The second-order valence-corrected chi connectivity index (χ2v) is 4.14. The Balaban J connectivity index is 2.46. The van der Waals surface area contributed by atoms with Crippen LogP contribution in [0, 0.1) is 5.92 Å². The third-order valence-corrected chi connectivity index (χ3v) is 2.53. The van der Waals surface area contributed by atoms with Gasteiger partial charge in [0.05, 0.1) is 0 Å². The first-order valence-corrected chi connectivity index (χ1v) is 4.88. The van der Waals surface area contributed by atoms with Gasteiger partial charge in [-0.3, -0.25) is 4.79 Å². The first kappa shape index (κ1) is 9.56. The van der Waals surface area contributed by atoms with Gasteiger partial charge in [-0.15, -0.1) is 0 Å². The average Bonchev–Trinajstić information content (AvgIpc) is 2.33. The molecule has 1 heterocycles. The van der Waals surface area contributed by atoms with E-state index in [1.807, 2.05) is 4.90 Å².